The number of nitrogens with zero attached hydrogens (tertiary/aromatic N) is 1. The molecule has 1 aromatic rings. The zero-order chi connectivity index (χ0) is 10.7. The summed E-state index contributed by atoms with van der Waals surface area (Å²) in [5.41, 5.74) is 0.620. The van der Waals surface area contributed by atoms with Crippen molar-refractivity contribution in [1.29, 1.82) is 0 Å². The summed E-state index contributed by atoms with van der Waals surface area (Å²) >= 11 is 0. The van der Waals surface area contributed by atoms with Crippen molar-refractivity contribution >= 4 is 5.97 Å². The number of carbonyl (C=O) groups is 1. The molecular formula is C10H14N2O3. The molecule has 0 amide bonds. The fraction of sp³-hybridized carbons (Fsp3) is 0.600. The van der Waals surface area contributed by atoms with E-state index in [1.165, 1.54) is 31.9 Å². The molecule has 2 rings (SSSR count). The fourth-order valence-corrected chi connectivity index (χ4v) is 1.95. The smallest absolute Gasteiger partial charge is 0.375 e. The molecule has 0 unspecified atom stereocenters. The van der Waals surface area contributed by atoms with E-state index in [1.54, 1.807) is 0 Å². The van der Waals surface area contributed by atoms with Crippen molar-refractivity contribution in [1.82, 2.24) is 10.5 Å². The molecule has 82 valence electrons. The Morgan fingerprint density at radius 3 is 3.00 bits per heavy atom. The Hall–Kier alpha value is -1.36. The summed E-state index contributed by atoms with van der Waals surface area (Å²) in [6, 6.07) is 0.515. The number of aromatic carboxylic acids is 1. The summed E-state index contributed by atoms with van der Waals surface area (Å²) in [4.78, 5) is 10.7. The van der Waals surface area contributed by atoms with E-state index in [0.717, 1.165) is 0 Å². The van der Waals surface area contributed by atoms with Crippen molar-refractivity contribution < 1.29 is 14.4 Å². The van der Waals surface area contributed by atoms with E-state index in [4.69, 9.17) is 5.11 Å². The molecule has 1 fully saturated rings. The van der Waals surface area contributed by atoms with Crippen LogP contribution in [0, 0.1) is 0 Å². The third kappa shape index (κ3) is 2.36. The van der Waals surface area contributed by atoms with E-state index < -0.39 is 5.97 Å². The number of aromatic nitrogens is 1. The van der Waals surface area contributed by atoms with Crippen LogP contribution in [-0.4, -0.2) is 22.3 Å². The molecule has 0 atom stereocenters. The van der Waals surface area contributed by atoms with Gasteiger partial charge in [0.2, 0.25) is 5.76 Å². The second-order valence-corrected chi connectivity index (χ2v) is 3.85. The molecule has 0 aromatic carbocycles. The van der Waals surface area contributed by atoms with Crippen LogP contribution in [-0.2, 0) is 6.54 Å². The Labute approximate surface area is 87.5 Å². The first-order chi connectivity index (χ1) is 7.27. The Morgan fingerprint density at radius 2 is 2.33 bits per heavy atom. The van der Waals surface area contributed by atoms with E-state index in [0.29, 0.717) is 18.2 Å². The van der Waals surface area contributed by atoms with Gasteiger partial charge >= 0.3 is 5.97 Å². The van der Waals surface area contributed by atoms with Gasteiger partial charge in [0.05, 0.1) is 6.20 Å². The van der Waals surface area contributed by atoms with Gasteiger partial charge in [-0.3, -0.25) is 0 Å². The molecule has 15 heavy (non-hydrogen) atoms. The average Bonchev–Trinajstić information content (AvgIpc) is 2.86. The van der Waals surface area contributed by atoms with Gasteiger partial charge in [-0.05, 0) is 12.8 Å². The number of rotatable bonds is 4. The Morgan fingerprint density at radius 1 is 1.60 bits per heavy atom. The van der Waals surface area contributed by atoms with Gasteiger partial charge in [-0.25, -0.2) is 4.79 Å². The van der Waals surface area contributed by atoms with E-state index in [-0.39, 0.29) is 5.76 Å². The molecule has 0 radical (unpaired) electrons. The van der Waals surface area contributed by atoms with Crippen molar-refractivity contribution in [2.45, 2.75) is 38.3 Å². The summed E-state index contributed by atoms with van der Waals surface area (Å²) in [6.07, 6.45) is 6.33. The Bertz CT molecular complexity index is 342. The van der Waals surface area contributed by atoms with Gasteiger partial charge in [0.15, 0.2) is 0 Å². The molecule has 1 aliphatic carbocycles. The largest absolute Gasteiger partial charge is 0.475 e. The van der Waals surface area contributed by atoms with Crippen LogP contribution in [0.25, 0.3) is 0 Å². The van der Waals surface area contributed by atoms with Crippen LogP contribution in [0.5, 0.6) is 0 Å². The SMILES string of the molecule is O=C(O)c1oncc1CNC1CCCC1. The lowest BCUT2D eigenvalue weighted by atomic mass is 10.2. The van der Waals surface area contributed by atoms with E-state index in [2.05, 4.69) is 15.0 Å². The molecule has 1 saturated carbocycles. The summed E-state index contributed by atoms with van der Waals surface area (Å²) in [7, 11) is 0. The maximum atomic E-state index is 10.7. The quantitative estimate of drug-likeness (QED) is 0.785. The lowest BCUT2D eigenvalue weighted by Crippen LogP contribution is -2.25. The predicted octanol–water partition coefficient (Wildman–Crippen LogP) is 1.41. The van der Waals surface area contributed by atoms with Crippen molar-refractivity contribution in [2.75, 3.05) is 0 Å². The molecule has 2 N–H and O–H groups in total. The van der Waals surface area contributed by atoms with Crippen LogP contribution in [0.4, 0.5) is 0 Å². The van der Waals surface area contributed by atoms with Gasteiger partial charge < -0.3 is 14.9 Å². The van der Waals surface area contributed by atoms with Crippen LogP contribution in [0.3, 0.4) is 0 Å². The van der Waals surface area contributed by atoms with Crippen molar-refractivity contribution in [2.24, 2.45) is 0 Å². The number of carboxylic acids is 1. The average molecular weight is 210 g/mol. The number of hydrogen-bond donors (Lipinski definition) is 2. The Kier molecular flexibility index (Phi) is 3.01. The highest BCUT2D eigenvalue weighted by Gasteiger charge is 2.18. The molecule has 1 aromatic heterocycles. The normalized spacial score (nSPS) is 17.1. The highest BCUT2D eigenvalue weighted by atomic mass is 16.5. The van der Waals surface area contributed by atoms with Crippen LogP contribution in [0.2, 0.25) is 0 Å². The minimum atomic E-state index is -1.06. The van der Waals surface area contributed by atoms with Crippen molar-refractivity contribution in [3.05, 3.63) is 17.5 Å². The van der Waals surface area contributed by atoms with Crippen LogP contribution < -0.4 is 5.32 Å². The lowest BCUT2D eigenvalue weighted by molar-refractivity contribution is 0.0650. The molecule has 0 saturated heterocycles. The van der Waals surface area contributed by atoms with Gasteiger partial charge in [0.25, 0.3) is 0 Å². The van der Waals surface area contributed by atoms with Gasteiger partial charge in [-0.1, -0.05) is 18.0 Å². The van der Waals surface area contributed by atoms with Gasteiger partial charge in [-0.2, -0.15) is 0 Å². The van der Waals surface area contributed by atoms with Crippen molar-refractivity contribution in [3.8, 4) is 0 Å². The highest BCUT2D eigenvalue weighted by molar-refractivity contribution is 5.85. The van der Waals surface area contributed by atoms with Crippen LogP contribution in [0.15, 0.2) is 10.7 Å². The third-order valence-electron chi connectivity index (χ3n) is 2.77. The predicted molar refractivity (Wildman–Crippen MR) is 52.6 cm³/mol. The lowest BCUT2D eigenvalue weighted by Gasteiger charge is -2.10. The number of nitrogens with one attached hydrogen (secondary N) is 1. The zero-order valence-electron chi connectivity index (χ0n) is 8.40. The summed E-state index contributed by atoms with van der Waals surface area (Å²) in [6.45, 7) is 0.524. The highest BCUT2D eigenvalue weighted by Crippen LogP contribution is 2.18. The Balaban J connectivity index is 1.92. The second kappa shape index (κ2) is 4.44. The first-order valence-electron chi connectivity index (χ1n) is 5.17. The minimum Gasteiger partial charge on any atom is -0.475 e. The van der Waals surface area contributed by atoms with Gasteiger partial charge in [0.1, 0.15) is 0 Å². The zero-order valence-corrected chi connectivity index (χ0v) is 8.40. The molecule has 0 aliphatic heterocycles. The molecule has 0 bridgehead atoms. The number of hydrogen-bond acceptors (Lipinski definition) is 4. The van der Waals surface area contributed by atoms with Gasteiger partial charge in [-0.15, -0.1) is 0 Å². The molecule has 1 heterocycles. The van der Waals surface area contributed by atoms with Gasteiger partial charge in [0, 0.05) is 18.2 Å². The molecule has 5 nitrogen and oxygen atoms in total. The molecular weight excluding hydrogens is 196 g/mol. The van der Waals surface area contributed by atoms with E-state index in [1.807, 2.05) is 0 Å². The molecule has 1 aliphatic rings. The molecule has 5 heteroatoms. The number of carboxylic acid groups (broad SMARTS) is 1. The standard InChI is InChI=1S/C10H14N2O3/c13-10(14)9-7(6-12-15-9)5-11-8-3-1-2-4-8/h6,8,11H,1-5H2,(H,13,14). The second-order valence-electron chi connectivity index (χ2n) is 3.85. The maximum Gasteiger partial charge on any atom is 0.375 e. The topological polar surface area (TPSA) is 75.4 Å². The fourth-order valence-electron chi connectivity index (χ4n) is 1.95. The van der Waals surface area contributed by atoms with E-state index in [9.17, 15) is 4.79 Å². The third-order valence-corrected chi connectivity index (χ3v) is 2.77. The molecule has 0 spiro atoms. The summed E-state index contributed by atoms with van der Waals surface area (Å²) in [5.74, 6) is -1.11. The summed E-state index contributed by atoms with van der Waals surface area (Å²) < 4.78 is 4.65. The summed E-state index contributed by atoms with van der Waals surface area (Å²) in [5, 5.41) is 15.6. The van der Waals surface area contributed by atoms with E-state index >= 15 is 0 Å². The minimum absolute atomic E-state index is 0.0551. The first-order valence-corrected chi connectivity index (χ1v) is 5.17. The van der Waals surface area contributed by atoms with Crippen LogP contribution >= 0.6 is 0 Å². The van der Waals surface area contributed by atoms with Crippen LogP contribution in [0.1, 0.15) is 41.8 Å². The van der Waals surface area contributed by atoms with Crippen molar-refractivity contribution in [3.63, 3.8) is 0 Å². The maximum absolute atomic E-state index is 10.7. The first kappa shape index (κ1) is 10.2. The monoisotopic (exact) mass is 210 g/mol.